The van der Waals surface area contributed by atoms with Crippen LogP contribution in [0, 0.1) is 6.92 Å². The van der Waals surface area contributed by atoms with Crippen LogP contribution >= 0.6 is 0 Å². The fraction of sp³-hybridized carbons (Fsp3) is 0.381. The molecule has 3 aromatic rings. The zero-order valence-electron chi connectivity index (χ0n) is 15.5. The van der Waals surface area contributed by atoms with Gasteiger partial charge in [-0.25, -0.2) is 9.50 Å². The van der Waals surface area contributed by atoms with Crippen molar-refractivity contribution >= 4 is 11.6 Å². The van der Waals surface area contributed by atoms with E-state index in [1.165, 1.54) is 16.3 Å². The molecule has 1 saturated heterocycles. The van der Waals surface area contributed by atoms with Crippen LogP contribution in [0.1, 0.15) is 47.3 Å². The monoisotopic (exact) mass is 364 g/mol. The van der Waals surface area contributed by atoms with Crippen LogP contribution in [0.2, 0.25) is 0 Å². The summed E-state index contributed by atoms with van der Waals surface area (Å²) in [6.45, 7) is 2.56. The number of nitrogens with one attached hydrogen (secondary N) is 1. The van der Waals surface area contributed by atoms with Gasteiger partial charge >= 0.3 is 0 Å². The molecule has 2 aromatic heterocycles. The number of aromatic nitrogens is 3. The molecule has 1 aromatic carbocycles. The number of fused-ring (bicyclic) bond motifs is 1. The molecule has 6 nitrogen and oxygen atoms in total. The lowest BCUT2D eigenvalue weighted by Gasteiger charge is -2.35. The summed E-state index contributed by atoms with van der Waals surface area (Å²) in [5.41, 5.74) is 2.46. The number of aromatic amines is 1. The second-order valence-corrected chi connectivity index (χ2v) is 7.28. The average molecular weight is 364 g/mol. The highest BCUT2D eigenvalue weighted by Crippen LogP contribution is 2.23. The van der Waals surface area contributed by atoms with E-state index in [1.807, 2.05) is 30.0 Å². The number of H-pyrrole nitrogens is 1. The van der Waals surface area contributed by atoms with Gasteiger partial charge in [-0.15, -0.1) is 0 Å². The third kappa shape index (κ3) is 3.52. The summed E-state index contributed by atoms with van der Waals surface area (Å²) >= 11 is 0. The lowest BCUT2D eigenvalue weighted by atomic mass is 9.95. The van der Waals surface area contributed by atoms with Gasteiger partial charge in [0.05, 0.1) is 0 Å². The normalized spacial score (nSPS) is 17.4. The lowest BCUT2D eigenvalue weighted by Crippen LogP contribution is -2.45. The van der Waals surface area contributed by atoms with Crippen LogP contribution in [0.3, 0.4) is 0 Å². The lowest BCUT2D eigenvalue weighted by molar-refractivity contribution is 0.0599. The maximum absolute atomic E-state index is 13.2. The fourth-order valence-electron chi connectivity index (χ4n) is 3.93. The Hall–Kier alpha value is -2.89. The Morgan fingerprint density at radius 2 is 2.07 bits per heavy atom. The maximum Gasteiger partial charge on any atom is 0.285 e. The molecular weight excluding hydrogens is 340 g/mol. The number of aryl methyl sites for hydroxylation is 2. The summed E-state index contributed by atoms with van der Waals surface area (Å²) in [5, 5.41) is 2.95. The summed E-state index contributed by atoms with van der Waals surface area (Å²) in [6.07, 6.45) is 6.35. The van der Waals surface area contributed by atoms with Crippen LogP contribution in [0.15, 0.2) is 47.4 Å². The quantitative estimate of drug-likeness (QED) is 0.774. The van der Waals surface area contributed by atoms with E-state index in [9.17, 15) is 9.59 Å². The number of likely N-dealkylation sites (tertiary alicyclic amines) is 1. The first-order valence-corrected chi connectivity index (χ1v) is 9.56. The number of hydrogen-bond donors (Lipinski definition) is 1. The van der Waals surface area contributed by atoms with E-state index < -0.39 is 0 Å². The Balaban J connectivity index is 1.57. The highest BCUT2D eigenvalue weighted by molar-refractivity contribution is 5.94. The highest BCUT2D eigenvalue weighted by Gasteiger charge is 2.29. The van der Waals surface area contributed by atoms with E-state index in [-0.39, 0.29) is 23.1 Å². The molecule has 1 aliphatic heterocycles. The third-order valence-electron chi connectivity index (χ3n) is 5.35. The van der Waals surface area contributed by atoms with Crippen molar-refractivity contribution in [3.8, 4) is 0 Å². The number of rotatable bonds is 4. The molecule has 0 spiro atoms. The number of hydrogen-bond acceptors (Lipinski definition) is 3. The Bertz CT molecular complexity index is 1010. The minimum absolute atomic E-state index is 0.140. The molecule has 1 aliphatic rings. The van der Waals surface area contributed by atoms with Gasteiger partial charge in [0.15, 0.2) is 5.65 Å². The van der Waals surface area contributed by atoms with E-state index in [1.54, 1.807) is 6.07 Å². The first kappa shape index (κ1) is 17.5. The van der Waals surface area contributed by atoms with Gasteiger partial charge in [-0.05, 0) is 44.6 Å². The number of amides is 1. The molecule has 1 fully saturated rings. The van der Waals surface area contributed by atoms with Gasteiger partial charge in [-0.1, -0.05) is 30.3 Å². The van der Waals surface area contributed by atoms with Crippen molar-refractivity contribution in [2.75, 3.05) is 6.54 Å². The van der Waals surface area contributed by atoms with Crippen molar-refractivity contribution < 1.29 is 4.79 Å². The van der Waals surface area contributed by atoms with E-state index in [2.05, 4.69) is 22.2 Å². The molecule has 0 unspecified atom stereocenters. The van der Waals surface area contributed by atoms with Crippen LogP contribution < -0.4 is 5.56 Å². The SMILES string of the molecule is Cc1cc2ncc(C(=O)N3CCCC[C@@H]3CCc3ccccc3)c(=O)n2[nH]1. The number of benzene rings is 1. The molecule has 4 rings (SSSR count). The average Bonchev–Trinajstić information content (AvgIpc) is 3.09. The van der Waals surface area contributed by atoms with Gasteiger partial charge in [0.25, 0.3) is 11.5 Å². The van der Waals surface area contributed by atoms with E-state index >= 15 is 0 Å². The number of nitrogens with zero attached hydrogens (tertiary/aromatic N) is 3. The third-order valence-corrected chi connectivity index (χ3v) is 5.35. The fourth-order valence-corrected chi connectivity index (χ4v) is 3.93. The van der Waals surface area contributed by atoms with E-state index in [0.29, 0.717) is 12.2 Å². The summed E-state index contributed by atoms with van der Waals surface area (Å²) < 4.78 is 1.35. The molecule has 27 heavy (non-hydrogen) atoms. The van der Waals surface area contributed by atoms with Crippen LogP contribution in [0.4, 0.5) is 0 Å². The zero-order valence-corrected chi connectivity index (χ0v) is 15.5. The molecule has 1 atom stereocenters. The Kier molecular flexibility index (Phi) is 4.79. The van der Waals surface area contributed by atoms with Crippen molar-refractivity contribution in [2.45, 2.75) is 45.1 Å². The van der Waals surface area contributed by atoms with Crippen molar-refractivity contribution in [1.29, 1.82) is 0 Å². The molecular formula is C21H24N4O2. The number of carbonyl (C=O) groups excluding carboxylic acids is 1. The summed E-state index contributed by atoms with van der Waals surface area (Å²) in [4.78, 5) is 32.1. The van der Waals surface area contributed by atoms with Gasteiger partial charge in [0, 0.05) is 30.5 Å². The molecule has 1 N–H and O–H groups in total. The molecule has 6 heteroatoms. The van der Waals surface area contributed by atoms with Crippen molar-refractivity contribution in [3.05, 3.63) is 69.8 Å². The minimum atomic E-state index is -0.328. The standard InChI is InChI=1S/C21H24N4O2/c1-15-13-19-22-14-18(21(27)25(19)23-15)20(26)24-12-6-5-9-17(24)11-10-16-7-3-2-4-8-16/h2-4,7-8,13-14,17,23H,5-6,9-12H2,1H3/t17-/m1/s1. The highest BCUT2D eigenvalue weighted by atomic mass is 16.2. The van der Waals surface area contributed by atoms with Crippen molar-refractivity contribution in [2.24, 2.45) is 0 Å². The van der Waals surface area contributed by atoms with E-state index in [0.717, 1.165) is 37.8 Å². The number of piperidine rings is 1. The van der Waals surface area contributed by atoms with E-state index in [4.69, 9.17) is 0 Å². The molecule has 0 radical (unpaired) electrons. The van der Waals surface area contributed by atoms with Crippen molar-refractivity contribution in [3.63, 3.8) is 0 Å². The van der Waals surface area contributed by atoms with Crippen LogP contribution in [0.25, 0.3) is 5.65 Å². The Morgan fingerprint density at radius 1 is 1.26 bits per heavy atom. The summed E-state index contributed by atoms with van der Waals surface area (Å²) in [7, 11) is 0. The van der Waals surface area contributed by atoms with Gasteiger partial charge in [0.1, 0.15) is 5.56 Å². The van der Waals surface area contributed by atoms with Gasteiger partial charge in [-0.2, -0.15) is 0 Å². The van der Waals surface area contributed by atoms with Gasteiger partial charge < -0.3 is 4.90 Å². The van der Waals surface area contributed by atoms with Crippen LogP contribution in [-0.4, -0.2) is 38.0 Å². The molecule has 0 aliphatic carbocycles. The molecule has 0 bridgehead atoms. The minimum Gasteiger partial charge on any atom is -0.335 e. The van der Waals surface area contributed by atoms with Gasteiger partial charge in [-0.3, -0.25) is 14.7 Å². The van der Waals surface area contributed by atoms with Crippen LogP contribution in [0.5, 0.6) is 0 Å². The molecule has 1 amide bonds. The predicted octanol–water partition coefficient (Wildman–Crippen LogP) is 2.96. The summed E-state index contributed by atoms with van der Waals surface area (Å²) in [5.74, 6) is -0.202. The van der Waals surface area contributed by atoms with Gasteiger partial charge in [0.2, 0.25) is 0 Å². The summed E-state index contributed by atoms with van der Waals surface area (Å²) in [6, 6.07) is 12.3. The first-order chi connectivity index (χ1) is 13.1. The molecule has 0 saturated carbocycles. The maximum atomic E-state index is 13.2. The topological polar surface area (TPSA) is 70.5 Å². The van der Waals surface area contributed by atoms with Crippen LogP contribution in [-0.2, 0) is 6.42 Å². The molecule has 140 valence electrons. The number of carbonyl (C=O) groups is 1. The Labute approximate surface area is 157 Å². The second-order valence-electron chi connectivity index (χ2n) is 7.28. The van der Waals surface area contributed by atoms with Crippen molar-refractivity contribution in [1.82, 2.24) is 19.5 Å². The predicted molar refractivity (Wildman–Crippen MR) is 104 cm³/mol. The second kappa shape index (κ2) is 7.39. The smallest absolute Gasteiger partial charge is 0.285 e. The molecule has 3 heterocycles. The zero-order chi connectivity index (χ0) is 18.8. The first-order valence-electron chi connectivity index (χ1n) is 9.56. The Morgan fingerprint density at radius 3 is 2.89 bits per heavy atom. The largest absolute Gasteiger partial charge is 0.335 e.